The van der Waals surface area contributed by atoms with E-state index in [1.165, 1.54) is 0 Å². The number of aromatic hydroxyl groups is 1. The first-order chi connectivity index (χ1) is 9.08. The molecule has 2 N–H and O–H groups in total. The van der Waals surface area contributed by atoms with Gasteiger partial charge in [-0.2, -0.15) is 0 Å². The second-order valence-corrected chi connectivity index (χ2v) is 6.42. The topological polar surface area (TPSA) is 43.7 Å². The number of piperidine rings is 1. The Morgan fingerprint density at radius 3 is 2.58 bits per heavy atom. The van der Waals surface area contributed by atoms with Gasteiger partial charge in [-0.25, -0.2) is 0 Å². The molecular weight excluding hydrogens is 306 g/mol. The molecule has 1 aromatic rings. The second-order valence-electron chi connectivity index (χ2n) is 5.56. The molecule has 0 aromatic heterocycles. The zero-order valence-corrected chi connectivity index (χ0v) is 13.0. The van der Waals surface area contributed by atoms with Gasteiger partial charge in [-0.1, -0.05) is 22.9 Å². The molecule has 0 spiro atoms. The van der Waals surface area contributed by atoms with Crippen molar-refractivity contribution in [3.05, 3.63) is 28.2 Å². The van der Waals surface area contributed by atoms with Gasteiger partial charge in [0.05, 0.1) is 0 Å². The van der Waals surface area contributed by atoms with Gasteiger partial charge in [0.25, 0.3) is 0 Å². The highest BCUT2D eigenvalue weighted by molar-refractivity contribution is 9.10. The molecule has 4 heteroatoms. The van der Waals surface area contributed by atoms with Gasteiger partial charge in [0, 0.05) is 17.6 Å². The fourth-order valence-corrected chi connectivity index (χ4v) is 3.10. The number of nitrogens with zero attached hydrogens (tertiary/aromatic N) is 1. The van der Waals surface area contributed by atoms with Crippen LogP contribution in [0.3, 0.4) is 0 Å². The highest BCUT2D eigenvalue weighted by atomic mass is 79.9. The maximum Gasteiger partial charge on any atom is 0.115 e. The van der Waals surface area contributed by atoms with Crippen molar-refractivity contribution < 1.29 is 10.2 Å². The lowest BCUT2D eigenvalue weighted by Gasteiger charge is -2.40. The van der Waals surface area contributed by atoms with Crippen molar-refractivity contribution in [2.45, 2.75) is 32.7 Å². The zero-order valence-electron chi connectivity index (χ0n) is 11.4. The summed E-state index contributed by atoms with van der Waals surface area (Å²) in [6.07, 6.45) is 3.15. The molecule has 1 aliphatic rings. The van der Waals surface area contributed by atoms with Crippen LogP contribution in [-0.4, -0.2) is 34.8 Å². The summed E-state index contributed by atoms with van der Waals surface area (Å²) in [5, 5.41) is 19.1. The van der Waals surface area contributed by atoms with Gasteiger partial charge < -0.3 is 10.2 Å². The van der Waals surface area contributed by atoms with E-state index in [1.807, 2.05) is 12.1 Å². The van der Waals surface area contributed by atoms with Crippen molar-refractivity contribution in [3.8, 4) is 5.75 Å². The number of rotatable bonds is 4. The largest absolute Gasteiger partial charge is 0.508 e. The molecule has 1 fully saturated rings. The fourth-order valence-electron chi connectivity index (χ4n) is 2.73. The summed E-state index contributed by atoms with van der Waals surface area (Å²) in [4.78, 5) is 2.39. The van der Waals surface area contributed by atoms with Crippen LogP contribution < -0.4 is 0 Å². The Hall–Kier alpha value is -0.580. The lowest BCUT2D eigenvalue weighted by Crippen LogP contribution is -2.41. The Morgan fingerprint density at radius 2 is 2.00 bits per heavy atom. The molecule has 0 atom stereocenters. The van der Waals surface area contributed by atoms with E-state index in [0.717, 1.165) is 48.9 Å². The molecule has 0 radical (unpaired) electrons. The van der Waals surface area contributed by atoms with Crippen LogP contribution in [-0.2, 0) is 6.54 Å². The minimum absolute atomic E-state index is 0.132. The van der Waals surface area contributed by atoms with Crippen LogP contribution in [0.4, 0.5) is 0 Å². The van der Waals surface area contributed by atoms with E-state index in [1.54, 1.807) is 6.07 Å². The summed E-state index contributed by atoms with van der Waals surface area (Å²) >= 11 is 3.53. The number of hydrogen-bond donors (Lipinski definition) is 2. The third-order valence-corrected chi connectivity index (χ3v) is 5.20. The van der Waals surface area contributed by atoms with Crippen molar-refractivity contribution >= 4 is 15.9 Å². The van der Waals surface area contributed by atoms with E-state index in [2.05, 4.69) is 27.8 Å². The van der Waals surface area contributed by atoms with Crippen molar-refractivity contribution in [2.75, 3.05) is 19.7 Å². The Bertz CT molecular complexity index is 422. The third kappa shape index (κ3) is 3.50. The summed E-state index contributed by atoms with van der Waals surface area (Å²) in [6, 6.07) is 5.40. The van der Waals surface area contributed by atoms with E-state index < -0.39 is 0 Å². The second kappa shape index (κ2) is 6.25. The fraction of sp³-hybridized carbons (Fsp3) is 0.600. The first kappa shape index (κ1) is 14.8. The first-order valence-corrected chi connectivity index (χ1v) is 7.68. The average Bonchev–Trinajstić information content (AvgIpc) is 2.44. The van der Waals surface area contributed by atoms with Crippen LogP contribution in [0.1, 0.15) is 31.7 Å². The predicted molar refractivity (Wildman–Crippen MR) is 80.1 cm³/mol. The maximum atomic E-state index is 9.55. The van der Waals surface area contributed by atoms with Gasteiger partial charge in [-0.15, -0.1) is 0 Å². The highest BCUT2D eigenvalue weighted by Crippen LogP contribution is 2.35. The van der Waals surface area contributed by atoms with Crippen LogP contribution in [0.15, 0.2) is 22.7 Å². The van der Waals surface area contributed by atoms with Gasteiger partial charge in [0.15, 0.2) is 0 Å². The predicted octanol–water partition coefficient (Wildman–Crippen LogP) is 3.14. The van der Waals surface area contributed by atoms with Gasteiger partial charge >= 0.3 is 0 Å². The molecule has 0 aliphatic carbocycles. The number of phenolic OH excluding ortho intramolecular Hbond substituents is 1. The van der Waals surface area contributed by atoms with E-state index in [4.69, 9.17) is 0 Å². The minimum Gasteiger partial charge on any atom is -0.508 e. The minimum atomic E-state index is 0.132. The number of likely N-dealkylation sites (tertiary alicyclic amines) is 1. The maximum absolute atomic E-state index is 9.55. The SMILES string of the molecule is CCC1(CO)CCN(Cc2cc(O)ccc2Br)CC1. The van der Waals surface area contributed by atoms with E-state index >= 15 is 0 Å². The van der Waals surface area contributed by atoms with Gasteiger partial charge in [0.1, 0.15) is 5.75 Å². The Balaban J connectivity index is 1.97. The van der Waals surface area contributed by atoms with Crippen LogP contribution in [0.25, 0.3) is 0 Å². The highest BCUT2D eigenvalue weighted by Gasteiger charge is 2.32. The number of hydrogen-bond acceptors (Lipinski definition) is 3. The molecule has 2 rings (SSSR count). The summed E-state index contributed by atoms with van der Waals surface area (Å²) in [5.41, 5.74) is 1.25. The smallest absolute Gasteiger partial charge is 0.115 e. The van der Waals surface area contributed by atoms with Crippen LogP contribution in [0, 0.1) is 5.41 Å². The number of aliphatic hydroxyl groups is 1. The lowest BCUT2D eigenvalue weighted by molar-refractivity contribution is 0.0381. The molecular formula is C15H22BrNO2. The van der Waals surface area contributed by atoms with Crippen molar-refractivity contribution in [2.24, 2.45) is 5.41 Å². The van der Waals surface area contributed by atoms with E-state index in [9.17, 15) is 10.2 Å². The molecule has 0 unspecified atom stereocenters. The molecule has 0 saturated carbocycles. The normalized spacial score (nSPS) is 19.5. The average molecular weight is 328 g/mol. The van der Waals surface area contributed by atoms with Crippen molar-refractivity contribution in [3.63, 3.8) is 0 Å². The molecule has 106 valence electrons. The molecule has 1 aromatic carbocycles. The Kier molecular flexibility index (Phi) is 4.87. The van der Waals surface area contributed by atoms with Gasteiger partial charge in [0.2, 0.25) is 0 Å². The van der Waals surface area contributed by atoms with Gasteiger partial charge in [-0.3, -0.25) is 4.90 Å². The number of benzene rings is 1. The molecule has 1 aliphatic heterocycles. The molecule has 3 nitrogen and oxygen atoms in total. The van der Waals surface area contributed by atoms with E-state index in [0.29, 0.717) is 12.4 Å². The lowest BCUT2D eigenvalue weighted by atomic mass is 9.77. The molecule has 1 saturated heterocycles. The zero-order chi connectivity index (χ0) is 13.9. The number of halogens is 1. The molecule has 0 amide bonds. The molecule has 19 heavy (non-hydrogen) atoms. The Morgan fingerprint density at radius 1 is 1.32 bits per heavy atom. The molecule has 1 heterocycles. The van der Waals surface area contributed by atoms with E-state index in [-0.39, 0.29) is 5.41 Å². The summed E-state index contributed by atoms with van der Waals surface area (Å²) in [7, 11) is 0. The van der Waals surface area contributed by atoms with Crippen LogP contribution >= 0.6 is 15.9 Å². The third-order valence-electron chi connectivity index (χ3n) is 4.43. The van der Waals surface area contributed by atoms with Crippen molar-refractivity contribution in [1.82, 2.24) is 4.90 Å². The van der Waals surface area contributed by atoms with Crippen LogP contribution in [0.2, 0.25) is 0 Å². The Labute approximate surface area is 123 Å². The standard InChI is InChI=1S/C15H22BrNO2/c1-2-15(11-18)5-7-17(8-6-15)10-12-9-13(19)3-4-14(12)16/h3-4,9,18-19H,2,5-8,10-11H2,1H3. The first-order valence-electron chi connectivity index (χ1n) is 6.89. The van der Waals surface area contributed by atoms with Gasteiger partial charge in [-0.05, 0) is 61.5 Å². The number of aliphatic hydroxyl groups excluding tert-OH is 1. The molecule has 0 bridgehead atoms. The summed E-state index contributed by atoms with van der Waals surface area (Å²) in [6.45, 7) is 5.33. The quantitative estimate of drug-likeness (QED) is 0.892. The monoisotopic (exact) mass is 327 g/mol. The van der Waals surface area contributed by atoms with Crippen LogP contribution in [0.5, 0.6) is 5.75 Å². The summed E-state index contributed by atoms with van der Waals surface area (Å²) < 4.78 is 1.04. The number of phenols is 1. The summed E-state index contributed by atoms with van der Waals surface area (Å²) in [5.74, 6) is 0.313. The van der Waals surface area contributed by atoms with Crippen molar-refractivity contribution in [1.29, 1.82) is 0 Å².